The van der Waals surface area contributed by atoms with Gasteiger partial charge in [-0.05, 0) is 31.1 Å². The lowest BCUT2D eigenvalue weighted by atomic mass is 9.89. The summed E-state index contributed by atoms with van der Waals surface area (Å²) in [6.07, 6.45) is 3.54. The fourth-order valence-electron chi connectivity index (χ4n) is 2.25. The van der Waals surface area contributed by atoms with Crippen LogP contribution in [0.25, 0.3) is 0 Å². The highest BCUT2D eigenvalue weighted by Crippen LogP contribution is 2.24. The number of likely N-dealkylation sites (tertiary alicyclic amines) is 1. The predicted octanol–water partition coefficient (Wildman–Crippen LogP) is 1.92. The fourth-order valence-corrected chi connectivity index (χ4v) is 2.25. The van der Waals surface area contributed by atoms with Crippen LogP contribution in [0.4, 0.5) is 0 Å². The van der Waals surface area contributed by atoms with Crippen LogP contribution >= 0.6 is 0 Å². The molecule has 3 heteroatoms. The van der Waals surface area contributed by atoms with Crippen LogP contribution in [0.1, 0.15) is 33.1 Å². The first-order chi connectivity index (χ1) is 7.15. The van der Waals surface area contributed by atoms with Crippen LogP contribution < -0.4 is 0 Å². The molecule has 1 amide bonds. The van der Waals surface area contributed by atoms with E-state index in [2.05, 4.69) is 13.8 Å². The zero-order valence-electron chi connectivity index (χ0n) is 10.2. The third kappa shape index (κ3) is 3.82. The average Bonchev–Trinajstić information content (AvgIpc) is 2.43. The van der Waals surface area contributed by atoms with Gasteiger partial charge in [0.2, 0.25) is 5.91 Å². The molecule has 0 aromatic heterocycles. The van der Waals surface area contributed by atoms with Crippen LogP contribution in [0.2, 0.25) is 0 Å². The molecule has 1 unspecified atom stereocenters. The van der Waals surface area contributed by atoms with Crippen molar-refractivity contribution in [3.05, 3.63) is 0 Å². The molecule has 1 fully saturated rings. The second-order valence-electron chi connectivity index (χ2n) is 4.75. The van der Waals surface area contributed by atoms with Crippen LogP contribution in [0.5, 0.6) is 0 Å². The Kier molecular flexibility index (Phi) is 5.09. The molecule has 1 atom stereocenters. The van der Waals surface area contributed by atoms with Gasteiger partial charge >= 0.3 is 0 Å². The number of carbonyl (C=O) groups excluding carboxylic acids is 1. The van der Waals surface area contributed by atoms with E-state index in [1.165, 1.54) is 6.42 Å². The summed E-state index contributed by atoms with van der Waals surface area (Å²) >= 11 is 0. The SMILES string of the molecule is COCC(=O)N1CCCC(C(C)C)CC1. The molecule has 0 bridgehead atoms. The van der Waals surface area contributed by atoms with Gasteiger partial charge in [-0.25, -0.2) is 0 Å². The van der Waals surface area contributed by atoms with Crippen molar-refractivity contribution in [3.8, 4) is 0 Å². The topological polar surface area (TPSA) is 29.5 Å². The summed E-state index contributed by atoms with van der Waals surface area (Å²) in [6.45, 7) is 6.59. The molecule has 0 aromatic carbocycles. The van der Waals surface area contributed by atoms with Crippen molar-refractivity contribution in [2.75, 3.05) is 26.8 Å². The van der Waals surface area contributed by atoms with E-state index in [0.717, 1.165) is 37.8 Å². The standard InChI is InChI=1S/C12H23NO2/c1-10(2)11-5-4-7-13(8-6-11)12(14)9-15-3/h10-11H,4-9H2,1-3H3. The summed E-state index contributed by atoms with van der Waals surface area (Å²) < 4.78 is 4.88. The molecule has 0 radical (unpaired) electrons. The maximum atomic E-state index is 11.6. The highest BCUT2D eigenvalue weighted by molar-refractivity contribution is 5.77. The quantitative estimate of drug-likeness (QED) is 0.717. The summed E-state index contributed by atoms with van der Waals surface area (Å²) in [5.74, 6) is 1.66. The van der Waals surface area contributed by atoms with Gasteiger partial charge in [0, 0.05) is 20.2 Å². The molecule has 3 nitrogen and oxygen atoms in total. The second-order valence-corrected chi connectivity index (χ2v) is 4.75. The Bertz CT molecular complexity index is 204. The normalized spacial score (nSPS) is 22.9. The summed E-state index contributed by atoms with van der Waals surface area (Å²) in [6, 6.07) is 0. The smallest absolute Gasteiger partial charge is 0.248 e. The van der Waals surface area contributed by atoms with Gasteiger partial charge in [-0.1, -0.05) is 13.8 Å². The molecular formula is C12H23NO2. The maximum Gasteiger partial charge on any atom is 0.248 e. The van der Waals surface area contributed by atoms with E-state index in [9.17, 15) is 4.79 Å². The van der Waals surface area contributed by atoms with Crippen molar-refractivity contribution in [1.82, 2.24) is 4.90 Å². The molecule has 0 spiro atoms. The van der Waals surface area contributed by atoms with E-state index in [4.69, 9.17) is 4.74 Å². The van der Waals surface area contributed by atoms with E-state index >= 15 is 0 Å². The molecule has 0 aliphatic carbocycles. The Balaban J connectivity index is 2.42. The van der Waals surface area contributed by atoms with E-state index in [-0.39, 0.29) is 12.5 Å². The lowest BCUT2D eigenvalue weighted by Gasteiger charge is -2.21. The molecular weight excluding hydrogens is 190 g/mol. The molecule has 1 aliphatic heterocycles. The molecule has 0 N–H and O–H groups in total. The average molecular weight is 213 g/mol. The van der Waals surface area contributed by atoms with Crippen molar-refractivity contribution in [1.29, 1.82) is 0 Å². The summed E-state index contributed by atoms with van der Waals surface area (Å²) in [5.41, 5.74) is 0. The van der Waals surface area contributed by atoms with Gasteiger partial charge in [0.25, 0.3) is 0 Å². The van der Waals surface area contributed by atoms with E-state index in [0.29, 0.717) is 0 Å². The van der Waals surface area contributed by atoms with Crippen molar-refractivity contribution in [3.63, 3.8) is 0 Å². The van der Waals surface area contributed by atoms with Gasteiger partial charge < -0.3 is 9.64 Å². The van der Waals surface area contributed by atoms with Crippen LogP contribution in [-0.4, -0.2) is 37.6 Å². The van der Waals surface area contributed by atoms with E-state index < -0.39 is 0 Å². The van der Waals surface area contributed by atoms with Crippen LogP contribution in [0.3, 0.4) is 0 Å². The summed E-state index contributed by atoms with van der Waals surface area (Å²) in [5, 5.41) is 0. The van der Waals surface area contributed by atoms with E-state index in [1.54, 1.807) is 7.11 Å². The van der Waals surface area contributed by atoms with Crippen LogP contribution in [0.15, 0.2) is 0 Å². The van der Waals surface area contributed by atoms with Crippen LogP contribution in [0, 0.1) is 11.8 Å². The number of hydrogen-bond donors (Lipinski definition) is 0. The molecule has 88 valence electrons. The van der Waals surface area contributed by atoms with Gasteiger partial charge in [0.05, 0.1) is 0 Å². The lowest BCUT2D eigenvalue weighted by molar-refractivity contribution is -0.135. The molecule has 1 rings (SSSR count). The third-order valence-electron chi connectivity index (χ3n) is 3.34. The molecule has 0 saturated carbocycles. The molecule has 15 heavy (non-hydrogen) atoms. The summed E-state index contributed by atoms with van der Waals surface area (Å²) in [4.78, 5) is 13.6. The predicted molar refractivity (Wildman–Crippen MR) is 60.6 cm³/mol. The lowest BCUT2D eigenvalue weighted by Crippen LogP contribution is -2.34. The minimum absolute atomic E-state index is 0.141. The number of carbonyl (C=O) groups is 1. The minimum Gasteiger partial charge on any atom is -0.375 e. The molecule has 1 heterocycles. The highest BCUT2D eigenvalue weighted by Gasteiger charge is 2.21. The number of rotatable bonds is 3. The molecule has 1 saturated heterocycles. The Hall–Kier alpha value is -0.570. The van der Waals surface area contributed by atoms with Crippen molar-refractivity contribution in [2.24, 2.45) is 11.8 Å². The zero-order valence-corrected chi connectivity index (χ0v) is 10.2. The monoisotopic (exact) mass is 213 g/mol. The van der Waals surface area contributed by atoms with E-state index in [1.807, 2.05) is 4.90 Å². The highest BCUT2D eigenvalue weighted by atomic mass is 16.5. The largest absolute Gasteiger partial charge is 0.375 e. The van der Waals surface area contributed by atoms with Crippen LogP contribution in [-0.2, 0) is 9.53 Å². The van der Waals surface area contributed by atoms with Gasteiger partial charge in [0.1, 0.15) is 6.61 Å². The Morgan fingerprint density at radius 3 is 2.73 bits per heavy atom. The Morgan fingerprint density at radius 1 is 1.40 bits per heavy atom. The maximum absolute atomic E-state index is 11.6. The number of hydrogen-bond acceptors (Lipinski definition) is 2. The minimum atomic E-state index is 0.141. The van der Waals surface area contributed by atoms with Crippen molar-refractivity contribution >= 4 is 5.91 Å². The van der Waals surface area contributed by atoms with Gasteiger partial charge in [0.15, 0.2) is 0 Å². The first-order valence-corrected chi connectivity index (χ1v) is 5.92. The number of amides is 1. The van der Waals surface area contributed by atoms with Crippen molar-refractivity contribution in [2.45, 2.75) is 33.1 Å². The Morgan fingerprint density at radius 2 is 2.13 bits per heavy atom. The number of methoxy groups -OCH3 is 1. The molecule has 1 aliphatic rings. The third-order valence-corrected chi connectivity index (χ3v) is 3.34. The Labute approximate surface area is 92.8 Å². The van der Waals surface area contributed by atoms with Gasteiger partial charge in [-0.3, -0.25) is 4.79 Å². The summed E-state index contributed by atoms with van der Waals surface area (Å²) in [7, 11) is 1.58. The molecule has 0 aromatic rings. The number of ether oxygens (including phenoxy) is 1. The van der Waals surface area contributed by atoms with Crippen molar-refractivity contribution < 1.29 is 9.53 Å². The zero-order chi connectivity index (χ0) is 11.3. The number of nitrogens with zero attached hydrogens (tertiary/aromatic N) is 1. The van der Waals surface area contributed by atoms with Gasteiger partial charge in [-0.15, -0.1) is 0 Å². The second kappa shape index (κ2) is 6.11. The first kappa shape index (κ1) is 12.5. The van der Waals surface area contributed by atoms with Gasteiger partial charge in [-0.2, -0.15) is 0 Å². The first-order valence-electron chi connectivity index (χ1n) is 5.92. The fraction of sp³-hybridized carbons (Fsp3) is 0.917.